The maximum absolute atomic E-state index is 12.8. The molecule has 2 aromatic rings. The van der Waals surface area contributed by atoms with Crippen LogP contribution in [0.4, 0.5) is 13.2 Å². The van der Waals surface area contributed by atoms with Gasteiger partial charge in [-0.05, 0) is 24.3 Å². The van der Waals surface area contributed by atoms with Gasteiger partial charge in [-0.2, -0.15) is 13.2 Å². The molecule has 0 fully saturated rings. The second-order valence-corrected chi connectivity index (χ2v) is 3.61. The molecular weight excluding hydrogens is 261 g/mol. The summed E-state index contributed by atoms with van der Waals surface area (Å²) in [7, 11) is 0. The number of aromatic nitrogens is 2. The maximum Gasteiger partial charge on any atom is 0.434 e. The minimum absolute atomic E-state index is 0.0830. The van der Waals surface area contributed by atoms with Gasteiger partial charge in [0.25, 0.3) is 0 Å². The Bertz CT molecular complexity index is 626. The van der Waals surface area contributed by atoms with Gasteiger partial charge in [0.1, 0.15) is 5.69 Å². The quantitative estimate of drug-likeness (QED) is 0.909. The molecule has 2 heterocycles. The van der Waals surface area contributed by atoms with Crippen molar-refractivity contribution in [3.8, 4) is 11.3 Å². The van der Waals surface area contributed by atoms with Crippen molar-refractivity contribution in [3.05, 3.63) is 47.9 Å². The first-order chi connectivity index (χ1) is 8.89. The van der Waals surface area contributed by atoms with Crippen LogP contribution >= 0.6 is 0 Å². The van der Waals surface area contributed by atoms with Crippen LogP contribution in [0.1, 0.15) is 16.2 Å². The van der Waals surface area contributed by atoms with Crippen molar-refractivity contribution in [1.82, 2.24) is 9.97 Å². The standard InChI is InChI=1S/C12H7F3N2O2/c13-12(14,15)10-7(3-2-6-16-10)8-4-1-5-9(17-8)11(18)19/h1-6H,(H,18,19). The maximum atomic E-state index is 12.8. The number of nitrogens with zero attached hydrogens (tertiary/aromatic N) is 2. The Hall–Kier alpha value is -2.44. The summed E-state index contributed by atoms with van der Waals surface area (Å²) in [6, 6.07) is 6.37. The van der Waals surface area contributed by atoms with Gasteiger partial charge in [0.05, 0.1) is 5.69 Å². The number of carboxylic acid groups (broad SMARTS) is 1. The minimum atomic E-state index is -4.63. The highest BCUT2D eigenvalue weighted by Gasteiger charge is 2.35. The van der Waals surface area contributed by atoms with Crippen molar-refractivity contribution in [3.63, 3.8) is 0 Å². The number of pyridine rings is 2. The van der Waals surface area contributed by atoms with E-state index >= 15 is 0 Å². The first-order valence-corrected chi connectivity index (χ1v) is 5.12. The van der Waals surface area contributed by atoms with Crippen molar-refractivity contribution in [1.29, 1.82) is 0 Å². The normalized spacial score (nSPS) is 11.3. The average Bonchev–Trinajstić information content (AvgIpc) is 2.38. The van der Waals surface area contributed by atoms with Crippen molar-refractivity contribution >= 4 is 5.97 Å². The molecular formula is C12H7F3N2O2. The third-order valence-corrected chi connectivity index (χ3v) is 2.32. The van der Waals surface area contributed by atoms with Crippen LogP contribution in [0.25, 0.3) is 11.3 Å². The topological polar surface area (TPSA) is 63.1 Å². The van der Waals surface area contributed by atoms with Gasteiger partial charge in [0, 0.05) is 11.8 Å². The van der Waals surface area contributed by atoms with E-state index in [1.807, 2.05) is 0 Å². The van der Waals surface area contributed by atoms with Crippen molar-refractivity contribution in [2.24, 2.45) is 0 Å². The number of hydrogen-bond acceptors (Lipinski definition) is 3. The zero-order valence-corrected chi connectivity index (χ0v) is 9.35. The molecule has 0 aromatic carbocycles. The molecule has 19 heavy (non-hydrogen) atoms. The van der Waals surface area contributed by atoms with Gasteiger partial charge in [0.15, 0.2) is 5.69 Å². The van der Waals surface area contributed by atoms with E-state index in [0.29, 0.717) is 0 Å². The lowest BCUT2D eigenvalue weighted by atomic mass is 10.1. The van der Waals surface area contributed by atoms with Crippen molar-refractivity contribution < 1.29 is 23.1 Å². The van der Waals surface area contributed by atoms with E-state index in [-0.39, 0.29) is 17.0 Å². The summed E-state index contributed by atoms with van der Waals surface area (Å²) in [5.74, 6) is -1.31. The van der Waals surface area contributed by atoms with Crippen LogP contribution in [-0.2, 0) is 6.18 Å². The summed E-state index contributed by atoms with van der Waals surface area (Å²) >= 11 is 0. The molecule has 0 aliphatic rings. The van der Waals surface area contributed by atoms with Gasteiger partial charge in [-0.3, -0.25) is 4.98 Å². The van der Waals surface area contributed by atoms with E-state index in [1.54, 1.807) is 0 Å². The monoisotopic (exact) mass is 268 g/mol. The molecule has 0 saturated heterocycles. The summed E-state index contributed by atoms with van der Waals surface area (Å²) in [6.45, 7) is 0. The largest absolute Gasteiger partial charge is 0.477 e. The summed E-state index contributed by atoms with van der Waals surface area (Å²) in [4.78, 5) is 17.7. The number of alkyl halides is 3. The molecule has 0 aliphatic heterocycles. The predicted molar refractivity (Wildman–Crippen MR) is 59.4 cm³/mol. The lowest BCUT2D eigenvalue weighted by Gasteiger charge is -2.10. The molecule has 2 rings (SSSR count). The molecule has 0 spiro atoms. The highest BCUT2D eigenvalue weighted by molar-refractivity contribution is 5.86. The van der Waals surface area contributed by atoms with Gasteiger partial charge < -0.3 is 5.11 Å². The fraction of sp³-hybridized carbons (Fsp3) is 0.0833. The summed E-state index contributed by atoms with van der Waals surface area (Å²) in [6.07, 6.45) is -3.61. The summed E-state index contributed by atoms with van der Waals surface area (Å²) in [5.41, 5.74) is -1.75. The van der Waals surface area contributed by atoms with E-state index in [9.17, 15) is 18.0 Å². The van der Waals surface area contributed by atoms with E-state index in [4.69, 9.17) is 5.11 Å². The third kappa shape index (κ3) is 2.70. The van der Waals surface area contributed by atoms with Gasteiger partial charge in [-0.15, -0.1) is 0 Å². The minimum Gasteiger partial charge on any atom is -0.477 e. The van der Waals surface area contributed by atoms with Gasteiger partial charge in [-0.1, -0.05) is 6.07 Å². The number of rotatable bonds is 2. The summed E-state index contributed by atoms with van der Waals surface area (Å²) in [5, 5.41) is 8.78. The van der Waals surface area contributed by atoms with Crippen LogP contribution in [0, 0.1) is 0 Å². The Kier molecular flexibility index (Phi) is 3.20. The van der Waals surface area contributed by atoms with Crippen LogP contribution in [0.3, 0.4) is 0 Å². The highest BCUT2D eigenvalue weighted by Crippen LogP contribution is 2.34. The lowest BCUT2D eigenvalue weighted by Crippen LogP contribution is -2.10. The molecule has 98 valence electrons. The molecule has 0 aliphatic carbocycles. The molecule has 0 radical (unpaired) electrons. The summed E-state index contributed by atoms with van der Waals surface area (Å²) < 4.78 is 38.4. The molecule has 0 amide bonds. The molecule has 0 atom stereocenters. The Balaban J connectivity index is 2.60. The number of aromatic carboxylic acids is 1. The Morgan fingerprint density at radius 2 is 1.89 bits per heavy atom. The lowest BCUT2D eigenvalue weighted by molar-refractivity contribution is -0.140. The van der Waals surface area contributed by atoms with Crippen LogP contribution in [0.5, 0.6) is 0 Å². The SMILES string of the molecule is O=C(O)c1cccc(-c2cccnc2C(F)(F)F)n1. The van der Waals surface area contributed by atoms with Crippen LogP contribution in [-0.4, -0.2) is 21.0 Å². The Labute approximate surface area is 105 Å². The first kappa shape index (κ1) is 13.0. The van der Waals surface area contributed by atoms with Crippen LogP contribution < -0.4 is 0 Å². The van der Waals surface area contributed by atoms with Gasteiger partial charge in [-0.25, -0.2) is 9.78 Å². The Morgan fingerprint density at radius 1 is 1.16 bits per heavy atom. The number of hydrogen-bond donors (Lipinski definition) is 1. The zero-order chi connectivity index (χ0) is 14.0. The van der Waals surface area contributed by atoms with E-state index < -0.39 is 17.8 Å². The number of carboxylic acids is 1. The Morgan fingerprint density at radius 3 is 2.53 bits per heavy atom. The molecule has 1 N–H and O–H groups in total. The van der Waals surface area contributed by atoms with E-state index in [0.717, 1.165) is 6.20 Å². The molecule has 0 saturated carbocycles. The zero-order valence-electron chi connectivity index (χ0n) is 9.35. The molecule has 7 heteroatoms. The van der Waals surface area contributed by atoms with E-state index in [1.165, 1.54) is 30.3 Å². The first-order valence-electron chi connectivity index (χ1n) is 5.12. The van der Waals surface area contributed by atoms with Crippen molar-refractivity contribution in [2.75, 3.05) is 0 Å². The molecule has 2 aromatic heterocycles. The predicted octanol–water partition coefficient (Wildman–Crippen LogP) is 2.86. The second kappa shape index (κ2) is 4.68. The average molecular weight is 268 g/mol. The molecule has 0 bridgehead atoms. The highest BCUT2D eigenvalue weighted by atomic mass is 19.4. The smallest absolute Gasteiger partial charge is 0.434 e. The van der Waals surface area contributed by atoms with Gasteiger partial charge >= 0.3 is 12.1 Å². The van der Waals surface area contributed by atoms with Crippen LogP contribution in [0.15, 0.2) is 36.5 Å². The van der Waals surface area contributed by atoms with Crippen molar-refractivity contribution in [2.45, 2.75) is 6.18 Å². The fourth-order valence-electron chi connectivity index (χ4n) is 1.54. The second-order valence-electron chi connectivity index (χ2n) is 3.61. The van der Waals surface area contributed by atoms with E-state index in [2.05, 4.69) is 9.97 Å². The van der Waals surface area contributed by atoms with Crippen LogP contribution in [0.2, 0.25) is 0 Å². The fourth-order valence-corrected chi connectivity index (χ4v) is 1.54. The molecule has 0 unspecified atom stereocenters. The molecule has 4 nitrogen and oxygen atoms in total. The van der Waals surface area contributed by atoms with Gasteiger partial charge in [0.2, 0.25) is 0 Å². The number of carbonyl (C=O) groups is 1. The third-order valence-electron chi connectivity index (χ3n) is 2.32. The number of halogens is 3.